The fraction of sp³-hybridized carbons (Fsp3) is 0.222. The van der Waals surface area contributed by atoms with E-state index in [0.29, 0.717) is 3.57 Å². The number of anilines is 1. The molecular weight excluding hydrogens is 322 g/mol. The molecule has 0 saturated carbocycles. The summed E-state index contributed by atoms with van der Waals surface area (Å²) < 4.78 is 36.4. The summed E-state index contributed by atoms with van der Waals surface area (Å²) in [5.74, 6) is -1.95. The zero-order valence-electron chi connectivity index (χ0n) is 7.65. The molecule has 0 aliphatic heterocycles. The Morgan fingerprint density at radius 3 is 2.47 bits per heavy atom. The number of halogens is 4. The summed E-state index contributed by atoms with van der Waals surface area (Å²) in [6.45, 7) is 1.82. The predicted octanol–water partition coefficient (Wildman–Crippen LogP) is 3.10. The Morgan fingerprint density at radius 1 is 1.40 bits per heavy atom. The van der Waals surface area contributed by atoms with E-state index in [9.17, 15) is 18.0 Å². The molecule has 0 spiro atoms. The zero-order chi connectivity index (χ0) is 11.6. The van der Waals surface area contributed by atoms with Crippen molar-refractivity contribution in [3.63, 3.8) is 0 Å². The number of carbonyl (C=O) groups excluding carboxylic acids is 1. The molecule has 0 heterocycles. The first-order valence-electron chi connectivity index (χ1n) is 3.95. The molecule has 15 heavy (non-hydrogen) atoms. The van der Waals surface area contributed by atoms with Gasteiger partial charge in [0, 0.05) is 3.57 Å². The van der Waals surface area contributed by atoms with Gasteiger partial charge in [-0.05, 0) is 47.2 Å². The van der Waals surface area contributed by atoms with Gasteiger partial charge in [-0.15, -0.1) is 0 Å². The first-order valence-corrected chi connectivity index (χ1v) is 5.03. The van der Waals surface area contributed by atoms with Gasteiger partial charge in [-0.3, -0.25) is 4.79 Å². The summed E-state index contributed by atoms with van der Waals surface area (Å²) in [4.78, 5) is 10.6. The third-order valence-electron chi connectivity index (χ3n) is 1.63. The van der Waals surface area contributed by atoms with Crippen LogP contribution >= 0.6 is 22.6 Å². The zero-order valence-corrected chi connectivity index (χ0v) is 9.81. The van der Waals surface area contributed by atoms with Gasteiger partial charge in [-0.25, -0.2) is 0 Å². The van der Waals surface area contributed by atoms with Gasteiger partial charge in [0.25, 0.3) is 0 Å². The summed E-state index contributed by atoms with van der Waals surface area (Å²) >= 11 is 1.87. The molecule has 0 radical (unpaired) electrons. The van der Waals surface area contributed by atoms with Crippen molar-refractivity contribution in [3.8, 4) is 0 Å². The SMILES string of the molecule is Cc1ccc(NC(=O)C(F)(F)F)c(I)c1. The monoisotopic (exact) mass is 329 g/mol. The minimum absolute atomic E-state index is 0.170. The molecule has 1 N–H and O–H groups in total. The predicted molar refractivity (Wildman–Crippen MR) is 58.6 cm³/mol. The number of carbonyl (C=O) groups is 1. The third-order valence-corrected chi connectivity index (χ3v) is 2.52. The second-order valence-corrected chi connectivity index (χ2v) is 4.10. The van der Waals surface area contributed by atoms with Crippen LogP contribution in [0.15, 0.2) is 18.2 Å². The normalized spacial score (nSPS) is 11.3. The Balaban J connectivity index is 2.87. The van der Waals surface area contributed by atoms with Crippen LogP contribution in [0.1, 0.15) is 5.56 Å². The average molecular weight is 329 g/mol. The molecular formula is C9H7F3INO. The smallest absolute Gasteiger partial charge is 0.317 e. The van der Waals surface area contributed by atoms with E-state index in [1.807, 2.05) is 29.5 Å². The maximum Gasteiger partial charge on any atom is 0.471 e. The van der Waals surface area contributed by atoms with Crippen molar-refractivity contribution in [1.82, 2.24) is 0 Å². The van der Waals surface area contributed by atoms with E-state index < -0.39 is 12.1 Å². The molecule has 0 aromatic heterocycles. The second kappa shape index (κ2) is 4.38. The van der Waals surface area contributed by atoms with Crippen LogP contribution in [0, 0.1) is 10.5 Å². The largest absolute Gasteiger partial charge is 0.471 e. The van der Waals surface area contributed by atoms with Crippen molar-refractivity contribution in [2.75, 3.05) is 5.32 Å². The van der Waals surface area contributed by atoms with Gasteiger partial charge in [0.1, 0.15) is 0 Å². The Kier molecular flexibility index (Phi) is 3.58. The number of nitrogens with one attached hydrogen (secondary N) is 1. The molecule has 0 unspecified atom stereocenters. The van der Waals surface area contributed by atoms with E-state index in [2.05, 4.69) is 0 Å². The van der Waals surface area contributed by atoms with Gasteiger partial charge in [0.2, 0.25) is 0 Å². The topological polar surface area (TPSA) is 29.1 Å². The molecule has 0 bridgehead atoms. The van der Waals surface area contributed by atoms with Crippen LogP contribution < -0.4 is 5.32 Å². The van der Waals surface area contributed by atoms with Gasteiger partial charge < -0.3 is 5.32 Å². The van der Waals surface area contributed by atoms with Crippen molar-refractivity contribution < 1.29 is 18.0 Å². The van der Waals surface area contributed by atoms with E-state index in [1.165, 1.54) is 6.07 Å². The molecule has 0 fully saturated rings. The van der Waals surface area contributed by atoms with Crippen LogP contribution in [-0.4, -0.2) is 12.1 Å². The highest BCUT2D eigenvalue weighted by Gasteiger charge is 2.38. The minimum Gasteiger partial charge on any atom is -0.317 e. The third kappa shape index (κ3) is 3.37. The maximum atomic E-state index is 11.9. The van der Waals surface area contributed by atoms with E-state index in [1.54, 1.807) is 17.4 Å². The van der Waals surface area contributed by atoms with Crippen molar-refractivity contribution in [3.05, 3.63) is 27.3 Å². The number of hydrogen-bond acceptors (Lipinski definition) is 1. The van der Waals surface area contributed by atoms with Gasteiger partial charge >= 0.3 is 12.1 Å². The first kappa shape index (κ1) is 12.3. The van der Waals surface area contributed by atoms with Crippen molar-refractivity contribution in [1.29, 1.82) is 0 Å². The first-order chi connectivity index (χ1) is 6.80. The molecule has 1 amide bonds. The number of benzene rings is 1. The molecule has 1 aromatic rings. The number of aryl methyl sites for hydroxylation is 1. The highest BCUT2D eigenvalue weighted by Crippen LogP contribution is 2.22. The quantitative estimate of drug-likeness (QED) is 0.788. The summed E-state index contributed by atoms with van der Waals surface area (Å²) in [5, 5.41) is 1.81. The molecule has 0 atom stereocenters. The summed E-state index contributed by atoms with van der Waals surface area (Å²) in [7, 11) is 0. The number of rotatable bonds is 1. The standard InChI is InChI=1S/C9H7F3INO/c1-5-2-3-7(6(13)4-5)14-8(15)9(10,11)12/h2-4H,1H3,(H,14,15). The Hall–Kier alpha value is -0.790. The van der Waals surface area contributed by atoms with Gasteiger partial charge in [0.05, 0.1) is 5.69 Å². The van der Waals surface area contributed by atoms with E-state index in [0.717, 1.165) is 5.56 Å². The molecule has 0 aliphatic carbocycles. The molecule has 82 valence electrons. The molecule has 0 aliphatic rings. The minimum atomic E-state index is -4.85. The number of alkyl halides is 3. The van der Waals surface area contributed by atoms with Crippen LogP contribution in [-0.2, 0) is 4.79 Å². The average Bonchev–Trinajstić information content (AvgIpc) is 2.08. The lowest BCUT2D eigenvalue weighted by Gasteiger charge is -2.09. The molecule has 2 nitrogen and oxygen atoms in total. The molecule has 6 heteroatoms. The summed E-state index contributed by atoms with van der Waals surface area (Å²) in [6, 6.07) is 4.77. The van der Waals surface area contributed by atoms with Crippen LogP contribution in [0.3, 0.4) is 0 Å². The van der Waals surface area contributed by atoms with Gasteiger partial charge in [-0.1, -0.05) is 6.07 Å². The van der Waals surface area contributed by atoms with Gasteiger partial charge in [-0.2, -0.15) is 13.2 Å². The van der Waals surface area contributed by atoms with Crippen molar-refractivity contribution in [2.45, 2.75) is 13.1 Å². The Labute approximate surface area is 98.0 Å². The lowest BCUT2D eigenvalue weighted by molar-refractivity contribution is -0.167. The summed E-state index contributed by atoms with van der Waals surface area (Å²) in [6.07, 6.45) is -4.85. The van der Waals surface area contributed by atoms with Crippen molar-refractivity contribution in [2.24, 2.45) is 0 Å². The number of amides is 1. The van der Waals surface area contributed by atoms with Crippen LogP contribution in [0.2, 0.25) is 0 Å². The lowest BCUT2D eigenvalue weighted by Crippen LogP contribution is -2.30. The summed E-state index contributed by atoms with van der Waals surface area (Å²) in [5.41, 5.74) is 1.09. The fourth-order valence-electron chi connectivity index (χ4n) is 0.915. The highest BCUT2D eigenvalue weighted by atomic mass is 127. The Morgan fingerprint density at radius 2 is 2.00 bits per heavy atom. The van der Waals surface area contributed by atoms with E-state index in [-0.39, 0.29) is 5.69 Å². The molecule has 1 rings (SSSR count). The lowest BCUT2D eigenvalue weighted by atomic mass is 10.2. The number of hydrogen-bond donors (Lipinski definition) is 1. The second-order valence-electron chi connectivity index (χ2n) is 2.94. The maximum absolute atomic E-state index is 11.9. The van der Waals surface area contributed by atoms with Crippen LogP contribution in [0.4, 0.5) is 18.9 Å². The Bertz CT molecular complexity index is 389. The van der Waals surface area contributed by atoms with Crippen LogP contribution in [0.25, 0.3) is 0 Å². The van der Waals surface area contributed by atoms with E-state index >= 15 is 0 Å². The molecule has 0 saturated heterocycles. The fourth-order valence-corrected chi connectivity index (χ4v) is 1.72. The molecule has 1 aromatic carbocycles. The highest BCUT2D eigenvalue weighted by molar-refractivity contribution is 14.1. The van der Waals surface area contributed by atoms with Crippen molar-refractivity contribution >= 4 is 34.2 Å². The van der Waals surface area contributed by atoms with Gasteiger partial charge in [0.15, 0.2) is 0 Å². The van der Waals surface area contributed by atoms with Crippen LogP contribution in [0.5, 0.6) is 0 Å². The van der Waals surface area contributed by atoms with E-state index in [4.69, 9.17) is 0 Å².